The highest BCUT2D eigenvalue weighted by Gasteiger charge is 2.25. The molecule has 1 aromatic rings. The molecule has 0 aliphatic carbocycles. The Hall–Kier alpha value is -1.45. The van der Waals surface area contributed by atoms with Gasteiger partial charge >= 0.3 is 0 Å². The van der Waals surface area contributed by atoms with Gasteiger partial charge in [-0.25, -0.2) is 13.4 Å². The number of sulfonamides is 1. The van der Waals surface area contributed by atoms with Crippen LogP contribution in [0.25, 0.3) is 0 Å². The van der Waals surface area contributed by atoms with Gasteiger partial charge in [-0.3, -0.25) is 0 Å². The van der Waals surface area contributed by atoms with Crippen molar-refractivity contribution in [3.8, 4) is 6.07 Å². The summed E-state index contributed by atoms with van der Waals surface area (Å²) in [5.41, 5.74) is 0.227. The first-order chi connectivity index (χ1) is 8.64. The Kier molecular flexibility index (Phi) is 3.94. The Bertz CT molecular complexity index is 538. The van der Waals surface area contributed by atoms with E-state index in [1.165, 1.54) is 22.6 Å². The molecule has 0 saturated carbocycles. The molecule has 0 spiro atoms. The molecule has 1 fully saturated rings. The first-order valence-corrected chi connectivity index (χ1v) is 7.45. The topological polar surface area (TPSA) is 74.1 Å². The Labute approximate surface area is 107 Å². The van der Waals surface area contributed by atoms with Crippen molar-refractivity contribution in [1.29, 1.82) is 5.26 Å². The Morgan fingerprint density at radius 3 is 2.33 bits per heavy atom. The molecule has 1 aliphatic heterocycles. The van der Waals surface area contributed by atoms with E-state index in [2.05, 4.69) is 4.98 Å². The maximum Gasteiger partial charge on any atom is 0.244 e. The quantitative estimate of drug-likeness (QED) is 0.812. The van der Waals surface area contributed by atoms with Crippen molar-refractivity contribution in [2.24, 2.45) is 0 Å². The molecule has 2 rings (SSSR count). The van der Waals surface area contributed by atoms with Gasteiger partial charge in [-0.15, -0.1) is 0 Å². The lowest BCUT2D eigenvalue weighted by molar-refractivity contribution is 0.423. The first kappa shape index (κ1) is 13.0. The molecule has 0 N–H and O–H groups in total. The monoisotopic (exact) mass is 265 g/mol. The molecular weight excluding hydrogens is 250 g/mol. The molecule has 6 heteroatoms. The van der Waals surface area contributed by atoms with Gasteiger partial charge < -0.3 is 0 Å². The van der Waals surface area contributed by atoms with Gasteiger partial charge in [0.25, 0.3) is 0 Å². The summed E-state index contributed by atoms with van der Waals surface area (Å²) in [6.07, 6.45) is 5.24. The van der Waals surface area contributed by atoms with Crippen LogP contribution in [0.3, 0.4) is 0 Å². The standard InChI is InChI=1S/C12H15N3O2S/c13-9-11-5-6-12(10-14-11)18(16,17)15-7-3-1-2-4-8-15/h5-6,10H,1-4,7-8H2. The van der Waals surface area contributed by atoms with Crippen molar-refractivity contribution in [2.45, 2.75) is 30.6 Å². The summed E-state index contributed by atoms with van der Waals surface area (Å²) in [6.45, 7) is 1.14. The molecular formula is C12H15N3O2S. The average Bonchev–Trinajstić information content (AvgIpc) is 2.68. The Balaban J connectivity index is 2.26. The number of hydrogen-bond acceptors (Lipinski definition) is 4. The fraction of sp³-hybridized carbons (Fsp3) is 0.500. The van der Waals surface area contributed by atoms with E-state index in [4.69, 9.17) is 5.26 Å². The third kappa shape index (κ3) is 2.68. The molecule has 0 unspecified atom stereocenters. The highest BCUT2D eigenvalue weighted by Crippen LogP contribution is 2.19. The zero-order chi connectivity index (χ0) is 13.0. The van der Waals surface area contributed by atoms with Crippen LogP contribution in [0.1, 0.15) is 31.4 Å². The molecule has 0 amide bonds. The van der Waals surface area contributed by atoms with Crippen LogP contribution in [-0.2, 0) is 10.0 Å². The van der Waals surface area contributed by atoms with Crippen LogP contribution in [0.2, 0.25) is 0 Å². The molecule has 0 radical (unpaired) electrons. The highest BCUT2D eigenvalue weighted by atomic mass is 32.2. The number of nitrogens with zero attached hydrogens (tertiary/aromatic N) is 3. The van der Waals surface area contributed by atoms with Crippen LogP contribution in [0, 0.1) is 11.3 Å². The van der Waals surface area contributed by atoms with Crippen molar-refractivity contribution < 1.29 is 8.42 Å². The lowest BCUT2D eigenvalue weighted by atomic mass is 10.2. The maximum atomic E-state index is 12.3. The van der Waals surface area contributed by atoms with Gasteiger partial charge in [-0.1, -0.05) is 12.8 Å². The molecule has 0 bridgehead atoms. The van der Waals surface area contributed by atoms with Crippen molar-refractivity contribution in [3.63, 3.8) is 0 Å². The molecule has 0 atom stereocenters. The summed E-state index contributed by atoms with van der Waals surface area (Å²) in [5.74, 6) is 0. The van der Waals surface area contributed by atoms with Crippen molar-refractivity contribution in [3.05, 3.63) is 24.0 Å². The number of hydrogen-bond donors (Lipinski definition) is 0. The minimum Gasteiger partial charge on any atom is -0.244 e. The molecule has 1 aliphatic rings. The summed E-state index contributed by atoms with van der Waals surface area (Å²) in [7, 11) is -3.45. The maximum absolute atomic E-state index is 12.3. The lowest BCUT2D eigenvalue weighted by Gasteiger charge is -2.19. The van der Waals surface area contributed by atoms with Crippen molar-refractivity contribution in [1.82, 2.24) is 9.29 Å². The molecule has 18 heavy (non-hydrogen) atoms. The van der Waals surface area contributed by atoms with Crippen LogP contribution < -0.4 is 0 Å². The molecule has 1 saturated heterocycles. The van der Waals surface area contributed by atoms with E-state index in [1.807, 2.05) is 6.07 Å². The Morgan fingerprint density at radius 2 is 1.83 bits per heavy atom. The molecule has 5 nitrogen and oxygen atoms in total. The van der Waals surface area contributed by atoms with Gasteiger partial charge in [-0.05, 0) is 25.0 Å². The summed E-state index contributed by atoms with van der Waals surface area (Å²) in [5, 5.41) is 8.64. The van der Waals surface area contributed by atoms with Crippen LogP contribution in [-0.4, -0.2) is 30.8 Å². The fourth-order valence-electron chi connectivity index (χ4n) is 2.03. The van der Waals surface area contributed by atoms with E-state index < -0.39 is 10.0 Å². The van der Waals surface area contributed by atoms with Crippen LogP contribution in [0.5, 0.6) is 0 Å². The summed E-state index contributed by atoms with van der Waals surface area (Å²) in [6, 6.07) is 4.76. The fourth-order valence-corrected chi connectivity index (χ4v) is 3.49. The lowest BCUT2D eigenvalue weighted by Crippen LogP contribution is -2.32. The van der Waals surface area contributed by atoms with Crippen molar-refractivity contribution in [2.75, 3.05) is 13.1 Å². The zero-order valence-corrected chi connectivity index (χ0v) is 10.9. The van der Waals surface area contributed by atoms with Crippen LogP contribution in [0.15, 0.2) is 23.2 Å². The highest BCUT2D eigenvalue weighted by molar-refractivity contribution is 7.89. The van der Waals surface area contributed by atoms with Gasteiger partial charge in [-0.2, -0.15) is 9.57 Å². The van der Waals surface area contributed by atoms with Gasteiger partial charge in [0.2, 0.25) is 10.0 Å². The van der Waals surface area contributed by atoms with Crippen LogP contribution >= 0.6 is 0 Å². The Morgan fingerprint density at radius 1 is 1.17 bits per heavy atom. The smallest absolute Gasteiger partial charge is 0.244 e. The van der Waals surface area contributed by atoms with Crippen molar-refractivity contribution >= 4 is 10.0 Å². The second-order valence-electron chi connectivity index (χ2n) is 4.31. The minimum atomic E-state index is -3.45. The average molecular weight is 265 g/mol. The van der Waals surface area contributed by atoms with E-state index in [0.717, 1.165) is 25.7 Å². The zero-order valence-electron chi connectivity index (χ0n) is 10.0. The largest absolute Gasteiger partial charge is 0.244 e. The molecule has 96 valence electrons. The molecule has 2 heterocycles. The van der Waals surface area contributed by atoms with E-state index in [-0.39, 0.29) is 10.6 Å². The second kappa shape index (κ2) is 5.46. The van der Waals surface area contributed by atoms with E-state index in [1.54, 1.807) is 0 Å². The SMILES string of the molecule is N#Cc1ccc(S(=O)(=O)N2CCCCCC2)cn1. The summed E-state index contributed by atoms with van der Waals surface area (Å²) >= 11 is 0. The van der Waals surface area contributed by atoms with Gasteiger partial charge in [0.15, 0.2) is 0 Å². The number of pyridine rings is 1. The third-order valence-electron chi connectivity index (χ3n) is 3.05. The predicted molar refractivity (Wildman–Crippen MR) is 66.2 cm³/mol. The van der Waals surface area contributed by atoms with E-state index in [0.29, 0.717) is 13.1 Å². The van der Waals surface area contributed by atoms with E-state index in [9.17, 15) is 8.42 Å². The van der Waals surface area contributed by atoms with E-state index >= 15 is 0 Å². The number of nitriles is 1. The summed E-state index contributed by atoms with van der Waals surface area (Å²) < 4.78 is 26.2. The number of aromatic nitrogens is 1. The van der Waals surface area contributed by atoms with Gasteiger partial charge in [0.05, 0.1) is 0 Å². The second-order valence-corrected chi connectivity index (χ2v) is 6.25. The molecule has 1 aromatic heterocycles. The van der Waals surface area contributed by atoms with Gasteiger partial charge in [0.1, 0.15) is 16.7 Å². The third-order valence-corrected chi connectivity index (χ3v) is 4.94. The predicted octanol–water partition coefficient (Wildman–Crippen LogP) is 1.52. The molecule has 0 aromatic carbocycles. The summed E-state index contributed by atoms with van der Waals surface area (Å²) in [4.78, 5) is 3.98. The number of rotatable bonds is 2. The minimum absolute atomic E-state index is 0.170. The van der Waals surface area contributed by atoms with Crippen LogP contribution in [0.4, 0.5) is 0 Å². The normalized spacial score (nSPS) is 17.9. The first-order valence-electron chi connectivity index (χ1n) is 6.01. The van der Waals surface area contributed by atoms with Gasteiger partial charge in [0, 0.05) is 19.3 Å².